The van der Waals surface area contributed by atoms with Gasteiger partial charge in [0.25, 0.3) is 5.56 Å². The monoisotopic (exact) mass is 553 g/mol. The number of hydrogen-bond donors (Lipinski definition) is 2. The molecule has 12 heteroatoms. The van der Waals surface area contributed by atoms with Crippen LogP contribution in [-0.2, 0) is 6.42 Å². The molecule has 11 nitrogen and oxygen atoms in total. The molecule has 3 aromatic heterocycles. The van der Waals surface area contributed by atoms with E-state index in [1.54, 1.807) is 47.2 Å². The molecule has 1 atom stereocenters. The summed E-state index contributed by atoms with van der Waals surface area (Å²) < 4.78 is 7.90. The summed E-state index contributed by atoms with van der Waals surface area (Å²) in [6.45, 7) is 0. The molecule has 0 saturated heterocycles. The Labute approximate surface area is 231 Å². The fraction of sp³-hybridized carbons (Fsp3) is 0.0714. The first-order chi connectivity index (χ1) is 19.4. The highest BCUT2D eigenvalue weighted by atomic mass is 35.5. The number of halogens is 1. The summed E-state index contributed by atoms with van der Waals surface area (Å²) in [6.07, 6.45) is 2.26. The third kappa shape index (κ3) is 5.05. The summed E-state index contributed by atoms with van der Waals surface area (Å²) in [4.78, 5) is 32.6. The van der Waals surface area contributed by atoms with Gasteiger partial charge in [-0.25, -0.2) is 9.78 Å². The van der Waals surface area contributed by atoms with Crippen LogP contribution >= 0.6 is 11.6 Å². The number of benzene rings is 3. The number of carbonyl (C=O) groups is 1. The van der Waals surface area contributed by atoms with Crippen molar-refractivity contribution in [3.05, 3.63) is 118 Å². The lowest BCUT2D eigenvalue weighted by Crippen LogP contribution is -2.27. The van der Waals surface area contributed by atoms with E-state index in [9.17, 15) is 9.59 Å². The predicted octanol–water partition coefficient (Wildman–Crippen LogP) is 4.91. The highest BCUT2D eigenvalue weighted by molar-refractivity contribution is 6.31. The first kappa shape index (κ1) is 25.0. The average molecular weight is 554 g/mol. The molecule has 0 bridgehead atoms. The lowest BCUT2D eigenvalue weighted by Gasteiger charge is -2.19. The van der Waals surface area contributed by atoms with Crippen LogP contribution in [0.3, 0.4) is 0 Å². The number of nitrogens with zero attached hydrogens (tertiary/aromatic N) is 6. The number of carboxylic acid groups (broad SMARTS) is 1. The Kier molecular flexibility index (Phi) is 6.54. The average Bonchev–Trinajstić information content (AvgIpc) is 3.62. The van der Waals surface area contributed by atoms with E-state index < -0.39 is 12.2 Å². The molecular formula is C28H20ClN7O4. The van der Waals surface area contributed by atoms with Crippen LogP contribution in [0.1, 0.15) is 17.4 Å². The molecule has 6 rings (SSSR count). The van der Waals surface area contributed by atoms with Gasteiger partial charge in [-0.3, -0.25) is 4.79 Å². The number of hydrogen-bond acceptors (Lipinski definition) is 7. The van der Waals surface area contributed by atoms with E-state index in [1.165, 1.54) is 17.1 Å². The highest BCUT2D eigenvalue weighted by Gasteiger charge is 2.21. The minimum Gasteiger partial charge on any atom is -0.449 e. The van der Waals surface area contributed by atoms with E-state index in [0.29, 0.717) is 45.1 Å². The van der Waals surface area contributed by atoms with Gasteiger partial charge in [0.15, 0.2) is 0 Å². The largest absolute Gasteiger partial charge is 0.511 e. The first-order valence-electron chi connectivity index (χ1n) is 12.1. The van der Waals surface area contributed by atoms with Gasteiger partial charge in [0.2, 0.25) is 0 Å². The van der Waals surface area contributed by atoms with E-state index in [-0.39, 0.29) is 11.3 Å². The normalized spacial score (nSPS) is 11.9. The first-order valence-corrected chi connectivity index (χ1v) is 12.5. The number of pyridine rings is 1. The van der Waals surface area contributed by atoms with Crippen molar-refractivity contribution >= 4 is 28.8 Å². The molecular weight excluding hydrogens is 534 g/mol. The zero-order valence-corrected chi connectivity index (χ0v) is 21.4. The molecule has 198 valence electrons. The molecule has 0 fully saturated rings. The van der Waals surface area contributed by atoms with Crippen LogP contribution in [0.25, 0.3) is 27.8 Å². The van der Waals surface area contributed by atoms with Crippen LogP contribution in [0.15, 0.2) is 96.2 Å². The van der Waals surface area contributed by atoms with E-state index in [1.807, 2.05) is 36.4 Å². The van der Waals surface area contributed by atoms with Crippen molar-refractivity contribution in [2.45, 2.75) is 12.5 Å². The Balaban J connectivity index is 1.43. The Morgan fingerprint density at radius 2 is 1.90 bits per heavy atom. The quantitative estimate of drug-likeness (QED) is 0.210. The van der Waals surface area contributed by atoms with Crippen LogP contribution in [0.2, 0.25) is 5.02 Å². The Morgan fingerprint density at radius 1 is 1.05 bits per heavy atom. The Hall–Kier alpha value is -5.29. The summed E-state index contributed by atoms with van der Waals surface area (Å²) in [5.41, 5.74) is 3.96. The molecule has 0 amide bonds. The van der Waals surface area contributed by atoms with E-state index >= 15 is 0 Å². The predicted molar refractivity (Wildman–Crippen MR) is 147 cm³/mol. The fourth-order valence-electron chi connectivity index (χ4n) is 4.62. The zero-order valence-electron chi connectivity index (χ0n) is 20.7. The van der Waals surface area contributed by atoms with Crippen LogP contribution < -0.4 is 10.3 Å². The number of nitrogens with one attached hydrogen (secondary N) is 1. The molecule has 0 spiro atoms. The van der Waals surface area contributed by atoms with Gasteiger partial charge in [-0.15, -0.1) is 5.10 Å². The smallest absolute Gasteiger partial charge is 0.449 e. The lowest BCUT2D eigenvalue weighted by molar-refractivity contribution is 0.144. The number of aromatic amines is 1. The lowest BCUT2D eigenvalue weighted by atomic mass is 10.0. The van der Waals surface area contributed by atoms with Crippen molar-refractivity contribution in [3.63, 3.8) is 0 Å². The molecule has 0 unspecified atom stereocenters. The molecule has 3 aromatic carbocycles. The van der Waals surface area contributed by atoms with Crippen molar-refractivity contribution < 1.29 is 14.6 Å². The van der Waals surface area contributed by atoms with Gasteiger partial charge in [0.1, 0.15) is 17.9 Å². The summed E-state index contributed by atoms with van der Waals surface area (Å²) >= 11 is 6.30. The SMILES string of the molecule is O=C(O)Oc1ccc2[nH]c([C@@H](Cc3ccccc3)n3ccc(-c4cc(Cl)ccc4-n4cnnn4)cc3=O)nc2c1. The number of rotatable bonds is 7. The summed E-state index contributed by atoms with van der Waals surface area (Å²) in [5, 5.41) is 20.9. The second-order valence-electron chi connectivity index (χ2n) is 8.95. The zero-order chi connectivity index (χ0) is 27.6. The third-order valence-corrected chi connectivity index (χ3v) is 6.65. The number of tetrazole rings is 1. The second kappa shape index (κ2) is 10.5. The molecule has 0 aliphatic heterocycles. The number of ether oxygens (including phenoxy) is 1. The molecule has 0 aliphatic rings. The van der Waals surface area contributed by atoms with Gasteiger partial charge in [0, 0.05) is 35.3 Å². The van der Waals surface area contributed by atoms with Crippen LogP contribution in [0.4, 0.5) is 4.79 Å². The van der Waals surface area contributed by atoms with Crippen LogP contribution in [0.5, 0.6) is 5.75 Å². The highest BCUT2D eigenvalue weighted by Crippen LogP contribution is 2.30. The summed E-state index contributed by atoms with van der Waals surface area (Å²) in [5.74, 6) is 0.692. The summed E-state index contributed by atoms with van der Waals surface area (Å²) in [7, 11) is 0. The van der Waals surface area contributed by atoms with Gasteiger partial charge < -0.3 is 19.4 Å². The minimum absolute atomic E-state index is 0.152. The van der Waals surface area contributed by atoms with Crippen molar-refractivity contribution in [1.82, 2.24) is 34.7 Å². The maximum Gasteiger partial charge on any atom is 0.511 e. The molecule has 40 heavy (non-hydrogen) atoms. The maximum atomic E-state index is 13.6. The number of imidazole rings is 1. The van der Waals surface area contributed by atoms with Gasteiger partial charge >= 0.3 is 6.16 Å². The molecule has 2 N–H and O–H groups in total. The fourth-order valence-corrected chi connectivity index (χ4v) is 4.79. The third-order valence-electron chi connectivity index (χ3n) is 6.41. The van der Waals surface area contributed by atoms with Gasteiger partial charge in [-0.2, -0.15) is 4.68 Å². The maximum absolute atomic E-state index is 13.6. The second-order valence-corrected chi connectivity index (χ2v) is 9.39. The molecule has 0 radical (unpaired) electrons. The number of fused-ring (bicyclic) bond motifs is 1. The Bertz CT molecular complexity index is 1880. The van der Waals surface area contributed by atoms with Gasteiger partial charge in [-0.05, 0) is 58.0 Å². The minimum atomic E-state index is -1.41. The number of H-pyrrole nitrogens is 1. The van der Waals surface area contributed by atoms with Crippen molar-refractivity contribution in [2.75, 3.05) is 0 Å². The van der Waals surface area contributed by atoms with E-state index in [2.05, 4.69) is 20.5 Å². The van der Waals surface area contributed by atoms with Crippen molar-refractivity contribution in [1.29, 1.82) is 0 Å². The van der Waals surface area contributed by atoms with Gasteiger partial charge in [-0.1, -0.05) is 41.9 Å². The molecule has 0 aliphatic carbocycles. The molecule has 3 heterocycles. The van der Waals surface area contributed by atoms with Crippen molar-refractivity contribution in [2.24, 2.45) is 0 Å². The Morgan fingerprint density at radius 3 is 2.65 bits per heavy atom. The molecule has 0 saturated carbocycles. The topological polar surface area (TPSA) is 141 Å². The summed E-state index contributed by atoms with van der Waals surface area (Å²) in [6, 6.07) is 22.7. The number of aromatic nitrogens is 7. The van der Waals surface area contributed by atoms with Crippen LogP contribution in [0, 0.1) is 0 Å². The van der Waals surface area contributed by atoms with Crippen LogP contribution in [-0.4, -0.2) is 46.0 Å². The van der Waals surface area contributed by atoms with Crippen molar-refractivity contribution in [3.8, 4) is 22.6 Å². The van der Waals surface area contributed by atoms with E-state index in [0.717, 1.165) is 5.56 Å². The van der Waals surface area contributed by atoms with Gasteiger partial charge in [0.05, 0.1) is 22.8 Å². The molecule has 6 aromatic rings. The standard InChI is InChI=1S/C28H20ClN7O4/c29-19-6-9-24(36-16-30-33-34-36)21(14-19)18-10-11-35(26(37)13-18)25(12-17-4-2-1-3-5-17)27-31-22-8-7-20(40-28(38)39)15-23(22)32-27/h1-11,13-16,25H,12H2,(H,31,32)(H,38,39)/t25-/m1/s1. The van der Waals surface area contributed by atoms with E-state index in [4.69, 9.17) is 26.4 Å².